The minimum atomic E-state index is 0.508. The molecule has 98 valence electrons. The third kappa shape index (κ3) is 4.19. The highest BCUT2D eigenvalue weighted by molar-refractivity contribution is 7.10. The standard InChI is InChI=1S/C14H20N2S2/c1-3-6-15-12(8-13-5-4-7-17-13)9-14-16-11(2)10-18-14/h4-5,7,10,12,15H,3,6,8-9H2,1-2H3. The minimum absolute atomic E-state index is 0.508. The SMILES string of the molecule is CCCNC(Cc1cccs1)Cc1nc(C)cs1. The van der Waals surface area contributed by atoms with Gasteiger partial charge in [-0.05, 0) is 37.8 Å². The molecular formula is C14H20N2S2. The van der Waals surface area contributed by atoms with E-state index in [-0.39, 0.29) is 0 Å². The maximum atomic E-state index is 4.57. The van der Waals surface area contributed by atoms with Crippen molar-refractivity contribution in [2.45, 2.75) is 39.2 Å². The number of hydrogen-bond acceptors (Lipinski definition) is 4. The van der Waals surface area contributed by atoms with Crippen molar-refractivity contribution in [1.82, 2.24) is 10.3 Å². The van der Waals surface area contributed by atoms with Gasteiger partial charge in [0.05, 0.1) is 5.01 Å². The zero-order valence-corrected chi connectivity index (χ0v) is 12.6. The van der Waals surface area contributed by atoms with Crippen LogP contribution in [0, 0.1) is 6.92 Å². The first kappa shape index (κ1) is 13.7. The van der Waals surface area contributed by atoms with E-state index >= 15 is 0 Å². The summed E-state index contributed by atoms with van der Waals surface area (Å²) in [7, 11) is 0. The van der Waals surface area contributed by atoms with E-state index in [4.69, 9.17) is 0 Å². The monoisotopic (exact) mass is 280 g/mol. The van der Waals surface area contributed by atoms with E-state index in [9.17, 15) is 0 Å². The molecule has 0 spiro atoms. The average molecular weight is 280 g/mol. The highest BCUT2D eigenvalue weighted by Gasteiger charge is 2.12. The molecule has 0 aliphatic carbocycles. The predicted octanol–water partition coefficient (Wildman–Crippen LogP) is 3.67. The second kappa shape index (κ2) is 7.02. The van der Waals surface area contributed by atoms with Gasteiger partial charge in [0.25, 0.3) is 0 Å². The van der Waals surface area contributed by atoms with Crippen molar-refractivity contribution in [3.63, 3.8) is 0 Å². The molecule has 1 unspecified atom stereocenters. The van der Waals surface area contributed by atoms with Gasteiger partial charge in [0, 0.05) is 28.4 Å². The van der Waals surface area contributed by atoms with Gasteiger partial charge in [-0.25, -0.2) is 4.98 Å². The molecule has 2 heterocycles. The Labute approximate surface area is 117 Å². The van der Waals surface area contributed by atoms with Crippen molar-refractivity contribution < 1.29 is 0 Å². The molecule has 0 saturated carbocycles. The van der Waals surface area contributed by atoms with Crippen LogP contribution in [0.4, 0.5) is 0 Å². The summed E-state index contributed by atoms with van der Waals surface area (Å²) >= 11 is 3.62. The molecule has 1 atom stereocenters. The lowest BCUT2D eigenvalue weighted by atomic mass is 10.1. The van der Waals surface area contributed by atoms with Crippen molar-refractivity contribution in [2.75, 3.05) is 6.54 Å². The van der Waals surface area contributed by atoms with Crippen LogP contribution in [-0.2, 0) is 12.8 Å². The fraction of sp³-hybridized carbons (Fsp3) is 0.500. The Balaban J connectivity index is 1.95. The average Bonchev–Trinajstić information content (AvgIpc) is 2.98. The molecule has 2 rings (SSSR count). The third-order valence-corrected chi connectivity index (χ3v) is 4.69. The van der Waals surface area contributed by atoms with Gasteiger partial charge < -0.3 is 5.32 Å². The van der Waals surface area contributed by atoms with E-state index in [1.54, 1.807) is 11.3 Å². The summed E-state index contributed by atoms with van der Waals surface area (Å²) < 4.78 is 0. The number of nitrogens with zero attached hydrogens (tertiary/aromatic N) is 1. The van der Waals surface area contributed by atoms with Crippen molar-refractivity contribution in [3.05, 3.63) is 38.5 Å². The smallest absolute Gasteiger partial charge is 0.0943 e. The van der Waals surface area contributed by atoms with Gasteiger partial charge in [-0.1, -0.05) is 13.0 Å². The minimum Gasteiger partial charge on any atom is -0.313 e. The van der Waals surface area contributed by atoms with Gasteiger partial charge in [0.15, 0.2) is 0 Å². The number of rotatable bonds is 7. The Hall–Kier alpha value is -0.710. The van der Waals surface area contributed by atoms with E-state index in [2.05, 4.69) is 47.0 Å². The lowest BCUT2D eigenvalue weighted by molar-refractivity contribution is 0.506. The number of aromatic nitrogens is 1. The van der Waals surface area contributed by atoms with Crippen molar-refractivity contribution in [1.29, 1.82) is 0 Å². The summed E-state index contributed by atoms with van der Waals surface area (Å²) in [4.78, 5) is 6.03. The molecule has 0 fully saturated rings. The van der Waals surface area contributed by atoms with Gasteiger partial charge in [0.1, 0.15) is 0 Å². The van der Waals surface area contributed by atoms with Crippen LogP contribution >= 0.6 is 22.7 Å². The molecule has 18 heavy (non-hydrogen) atoms. The molecule has 0 radical (unpaired) electrons. The fourth-order valence-electron chi connectivity index (χ4n) is 1.94. The van der Waals surface area contributed by atoms with Crippen LogP contribution in [0.25, 0.3) is 0 Å². The molecule has 0 aromatic carbocycles. The predicted molar refractivity (Wildman–Crippen MR) is 80.7 cm³/mol. The highest BCUT2D eigenvalue weighted by Crippen LogP contribution is 2.16. The molecule has 0 amide bonds. The molecular weight excluding hydrogens is 260 g/mol. The first-order valence-electron chi connectivity index (χ1n) is 6.44. The van der Waals surface area contributed by atoms with E-state index in [1.807, 2.05) is 11.3 Å². The number of aryl methyl sites for hydroxylation is 1. The topological polar surface area (TPSA) is 24.9 Å². The third-order valence-electron chi connectivity index (χ3n) is 2.80. The van der Waals surface area contributed by atoms with Gasteiger partial charge in [0.2, 0.25) is 0 Å². The first-order valence-corrected chi connectivity index (χ1v) is 8.20. The summed E-state index contributed by atoms with van der Waals surface area (Å²) in [6.45, 7) is 5.36. The maximum Gasteiger partial charge on any atom is 0.0943 e. The van der Waals surface area contributed by atoms with Crippen LogP contribution in [0.1, 0.15) is 28.9 Å². The number of hydrogen-bond donors (Lipinski definition) is 1. The zero-order chi connectivity index (χ0) is 12.8. The summed E-state index contributed by atoms with van der Waals surface area (Å²) in [5.41, 5.74) is 1.14. The van der Waals surface area contributed by atoms with Crippen LogP contribution in [0.5, 0.6) is 0 Å². The van der Waals surface area contributed by atoms with Gasteiger partial charge in [-0.2, -0.15) is 0 Å². The number of thiazole rings is 1. The molecule has 0 aliphatic heterocycles. The zero-order valence-electron chi connectivity index (χ0n) is 11.0. The molecule has 2 nitrogen and oxygen atoms in total. The van der Waals surface area contributed by atoms with Gasteiger partial charge >= 0.3 is 0 Å². The number of nitrogens with one attached hydrogen (secondary N) is 1. The Morgan fingerprint density at radius 1 is 1.33 bits per heavy atom. The first-order chi connectivity index (χ1) is 8.78. The lowest BCUT2D eigenvalue weighted by Crippen LogP contribution is -2.33. The van der Waals surface area contributed by atoms with Crippen molar-refractivity contribution in [3.8, 4) is 0 Å². The second-order valence-electron chi connectivity index (χ2n) is 4.52. The van der Waals surface area contributed by atoms with Crippen LogP contribution < -0.4 is 5.32 Å². The molecule has 0 bridgehead atoms. The normalized spacial score (nSPS) is 12.8. The maximum absolute atomic E-state index is 4.57. The Kier molecular flexibility index (Phi) is 5.35. The van der Waals surface area contributed by atoms with E-state index in [0.29, 0.717) is 6.04 Å². The Morgan fingerprint density at radius 3 is 2.83 bits per heavy atom. The van der Waals surface area contributed by atoms with Gasteiger partial charge in [-0.15, -0.1) is 22.7 Å². The molecule has 2 aromatic rings. The molecule has 1 N–H and O–H groups in total. The van der Waals surface area contributed by atoms with Crippen LogP contribution in [0.2, 0.25) is 0 Å². The van der Waals surface area contributed by atoms with E-state index < -0.39 is 0 Å². The Morgan fingerprint density at radius 2 is 2.22 bits per heavy atom. The van der Waals surface area contributed by atoms with Crippen molar-refractivity contribution in [2.24, 2.45) is 0 Å². The quantitative estimate of drug-likeness (QED) is 0.837. The summed E-state index contributed by atoms with van der Waals surface area (Å²) in [5, 5.41) is 9.18. The van der Waals surface area contributed by atoms with E-state index in [0.717, 1.165) is 25.1 Å². The van der Waals surface area contributed by atoms with Crippen molar-refractivity contribution >= 4 is 22.7 Å². The van der Waals surface area contributed by atoms with E-state index in [1.165, 1.54) is 16.3 Å². The van der Waals surface area contributed by atoms with Crippen LogP contribution in [0.3, 0.4) is 0 Å². The molecule has 0 aliphatic rings. The van der Waals surface area contributed by atoms with Gasteiger partial charge in [-0.3, -0.25) is 0 Å². The summed E-state index contributed by atoms with van der Waals surface area (Å²) in [6, 6.07) is 4.86. The largest absolute Gasteiger partial charge is 0.313 e. The number of thiophene rings is 1. The molecule has 0 saturated heterocycles. The summed E-state index contributed by atoms with van der Waals surface area (Å²) in [6.07, 6.45) is 3.32. The lowest BCUT2D eigenvalue weighted by Gasteiger charge is -2.16. The Bertz CT molecular complexity index is 448. The second-order valence-corrected chi connectivity index (χ2v) is 6.50. The molecule has 2 aromatic heterocycles. The van der Waals surface area contributed by atoms with Crippen LogP contribution in [-0.4, -0.2) is 17.6 Å². The summed E-state index contributed by atoms with van der Waals surface area (Å²) in [5.74, 6) is 0. The highest BCUT2D eigenvalue weighted by atomic mass is 32.1. The fourth-order valence-corrected chi connectivity index (χ4v) is 3.58. The molecule has 4 heteroatoms. The van der Waals surface area contributed by atoms with Crippen LogP contribution in [0.15, 0.2) is 22.9 Å².